The van der Waals surface area contributed by atoms with Crippen LogP contribution < -0.4 is 5.32 Å². The first-order valence-electron chi connectivity index (χ1n) is 9.61. The molecule has 0 radical (unpaired) electrons. The van der Waals surface area contributed by atoms with Crippen molar-refractivity contribution in [2.75, 3.05) is 13.1 Å². The number of piperidine rings is 1. The van der Waals surface area contributed by atoms with Gasteiger partial charge in [0.05, 0.1) is 6.04 Å². The minimum Gasteiger partial charge on any atom is -0.346 e. The van der Waals surface area contributed by atoms with Crippen LogP contribution in [-0.2, 0) is 11.3 Å². The Balaban J connectivity index is 1.65. The van der Waals surface area contributed by atoms with Gasteiger partial charge in [0.15, 0.2) is 11.6 Å². The number of halogens is 2. The van der Waals surface area contributed by atoms with Crippen molar-refractivity contribution in [1.82, 2.24) is 15.2 Å². The summed E-state index contributed by atoms with van der Waals surface area (Å²) in [7, 11) is 0. The van der Waals surface area contributed by atoms with E-state index in [4.69, 9.17) is 0 Å². The van der Waals surface area contributed by atoms with E-state index in [1.807, 2.05) is 26.2 Å². The number of thiazole rings is 1. The molecule has 7 heteroatoms. The second kappa shape index (κ2) is 8.66. The molecule has 1 atom stereocenters. The van der Waals surface area contributed by atoms with Gasteiger partial charge in [-0.15, -0.1) is 11.3 Å². The molecule has 1 aromatic carbocycles. The Bertz CT molecular complexity index is 796. The van der Waals surface area contributed by atoms with Gasteiger partial charge in [0, 0.05) is 29.1 Å². The lowest BCUT2D eigenvalue weighted by Crippen LogP contribution is -2.43. The fourth-order valence-electron chi connectivity index (χ4n) is 3.48. The van der Waals surface area contributed by atoms with Crippen molar-refractivity contribution >= 4 is 17.2 Å². The number of carbonyl (C=O) groups is 1. The molecular weight excluding hydrogens is 380 g/mol. The second-order valence-electron chi connectivity index (χ2n) is 8.40. The first-order valence-corrected chi connectivity index (χ1v) is 10.5. The van der Waals surface area contributed by atoms with Crippen molar-refractivity contribution in [2.24, 2.45) is 11.3 Å². The van der Waals surface area contributed by atoms with Gasteiger partial charge in [-0.2, -0.15) is 0 Å². The van der Waals surface area contributed by atoms with Gasteiger partial charge < -0.3 is 5.32 Å². The zero-order chi connectivity index (χ0) is 20.3. The predicted octanol–water partition coefficient (Wildman–Crippen LogP) is 4.54. The number of amides is 1. The van der Waals surface area contributed by atoms with Crippen LogP contribution in [0.1, 0.15) is 50.2 Å². The maximum Gasteiger partial charge on any atom is 0.225 e. The number of hydrogen-bond donors (Lipinski definition) is 1. The molecule has 28 heavy (non-hydrogen) atoms. The first kappa shape index (κ1) is 20.9. The fourth-order valence-corrected chi connectivity index (χ4v) is 4.26. The Kier molecular flexibility index (Phi) is 6.45. The van der Waals surface area contributed by atoms with E-state index < -0.39 is 17.0 Å². The van der Waals surface area contributed by atoms with E-state index in [0.717, 1.165) is 37.0 Å². The fraction of sp³-hybridized carbons (Fsp3) is 0.524. The molecule has 1 saturated heterocycles. The van der Waals surface area contributed by atoms with Gasteiger partial charge in [-0.25, -0.2) is 13.8 Å². The maximum atomic E-state index is 13.9. The third-order valence-corrected chi connectivity index (χ3v) is 6.07. The summed E-state index contributed by atoms with van der Waals surface area (Å²) in [5.41, 5.74) is -0.0820. The Labute approximate surface area is 169 Å². The van der Waals surface area contributed by atoms with Crippen LogP contribution in [0.5, 0.6) is 0 Å². The van der Waals surface area contributed by atoms with Gasteiger partial charge in [0.1, 0.15) is 5.01 Å². The highest BCUT2D eigenvalue weighted by Gasteiger charge is 2.33. The normalized spacial score (nSPS) is 17.5. The number of rotatable bonds is 5. The van der Waals surface area contributed by atoms with E-state index in [1.165, 1.54) is 0 Å². The van der Waals surface area contributed by atoms with E-state index in [0.29, 0.717) is 12.1 Å². The number of nitrogens with one attached hydrogen (secondary N) is 1. The minimum atomic E-state index is -0.805. The third-order valence-electron chi connectivity index (χ3n) is 5.21. The summed E-state index contributed by atoms with van der Waals surface area (Å²) in [5, 5.41) is 6.04. The van der Waals surface area contributed by atoms with Crippen molar-refractivity contribution in [3.63, 3.8) is 0 Å². The van der Waals surface area contributed by atoms with Gasteiger partial charge in [-0.1, -0.05) is 32.9 Å². The Morgan fingerprint density at radius 1 is 1.32 bits per heavy atom. The third kappa shape index (κ3) is 4.94. The highest BCUT2D eigenvalue weighted by atomic mass is 32.1. The molecule has 0 saturated carbocycles. The predicted molar refractivity (Wildman–Crippen MR) is 107 cm³/mol. The van der Waals surface area contributed by atoms with Crippen LogP contribution in [0.25, 0.3) is 0 Å². The van der Waals surface area contributed by atoms with Crippen molar-refractivity contribution in [1.29, 1.82) is 0 Å². The molecule has 2 aromatic rings. The quantitative estimate of drug-likeness (QED) is 0.792. The average Bonchev–Trinajstić information content (AvgIpc) is 3.18. The molecule has 1 fully saturated rings. The topological polar surface area (TPSA) is 45.2 Å². The van der Waals surface area contributed by atoms with Crippen LogP contribution in [-0.4, -0.2) is 28.9 Å². The van der Waals surface area contributed by atoms with E-state index in [9.17, 15) is 13.6 Å². The molecule has 0 aliphatic carbocycles. The largest absolute Gasteiger partial charge is 0.346 e. The van der Waals surface area contributed by atoms with Crippen molar-refractivity contribution in [3.05, 3.63) is 52.0 Å². The van der Waals surface area contributed by atoms with Crippen LogP contribution in [0.15, 0.2) is 29.8 Å². The first-order chi connectivity index (χ1) is 13.3. The summed E-state index contributed by atoms with van der Waals surface area (Å²) in [6.07, 6.45) is 3.50. The smallest absolute Gasteiger partial charge is 0.225 e. The molecule has 1 unspecified atom stereocenters. The van der Waals surface area contributed by atoms with Gasteiger partial charge in [0.25, 0.3) is 0 Å². The van der Waals surface area contributed by atoms with Crippen LogP contribution in [0.4, 0.5) is 8.78 Å². The minimum absolute atomic E-state index is 0.0111. The molecule has 152 valence electrons. The lowest BCUT2D eigenvalue weighted by molar-refractivity contribution is -0.129. The Morgan fingerprint density at radius 3 is 2.64 bits per heavy atom. The lowest BCUT2D eigenvalue weighted by atomic mass is 9.87. The SMILES string of the molecule is CC(C)(C)C(=O)NC(c1nccs1)C1CCN(Cc2cccc(F)c2F)CC1. The van der Waals surface area contributed by atoms with Crippen molar-refractivity contribution in [3.8, 4) is 0 Å². The zero-order valence-corrected chi connectivity index (χ0v) is 17.4. The molecule has 2 heterocycles. The highest BCUT2D eigenvalue weighted by Crippen LogP contribution is 2.33. The van der Waals surface area contributed by atoms with E-state index in [2.05, 4.69) is 15.2 Å². The molecule has 0 bridgehead atoms. The van der Waals surface area contributed by atoms with Gasteiger partial charge in [-0.05, 0) is 37.9 Å². The molecule has 1 aliphatic rings. The molecule has 1 N–H and O–H groups in total. The van der Waals surface area contributed by atoms with Gasteiger partial charge >= 0.3 is 0 Å². The summed E-state index contributed by atoms with van der Waals surface area (Å²) in [6.45, 7) is 7.64. The van der Waals surface area contributed by atoms with Crippen molar-refractivity contribution < 1.29 is 13.6 Å². The number of carbonyl (C=O) groups excluding carboxylic acids is 1. The number of hydrogen-bond acceptors (Lipinski definition) is 4. The number of aromatic nitrogens is 1. The molecule has 1 amide bonds. The zero-order valence-electron chi connectivity index (χ0n) is 16.5. The maximum absolute atomic E-state index is 13.9. The monoisotopic (exact) mass is 407 g/mol. The molecule has 4 nitrogen and oxygen atoms in total. The summed E-state index contributed by atoms with van der Waals surface area (Å²) in [5.74, 6) is -1.29. The lowest BCUT2D eigenvalue weighted by Gasteiger charge is -2.36. The molecule has 1 aliphatic heterocycles. The molecule has 0 spiro atoms. The summed E-state index contributed by atoms with van der Waals surface area (Å²) in [6, 6.07) is 4.20. The summed E-state index contributed by atoms with van der Waals surface area (Å²) < 4.78 is 27.4. The summed E-state index contributed by atoms with van der Waals surface area (Å²) in [4.78, 5) is 19.1. The van der Waals surface area contributed by atoms with E-state index >= 15 is 0 Å². The van der Waals surface area contributed by atoms with Gasteiger partial charge in [0.2, 0.25) is 5.91 Å². The Hall–Kier alpha value is -1.86. The van der Waals surface area contributed by atoms with Gasteiger partial charge in [-0.3, -0.25) is 9.69 Å². The van der Waals surface area contributed by atoms with Crippen LogP contribution in [0.3, 0.4) is 0 Å². The van der Waals surface area contributed by atoms with E-state index in [-0.39, 0.29) is 17.9 Å². The van der Waals surface area contributed by atoms with Crippen LogP contribution >= 0.6 is 11.3 Å². The van der Waals surface area contributed by atoms with Crippen LogP contribution in [0.2, 0.25) is 0 Å². The standard InChI is InChI=1S/C21H27F2N3OS/c1-21(2,3)20(27)25-18(19-24-9-12-28-19)14-7-10-26(11-8-14)13-15-5-4-6-16(22)17(15)23/h4-6,9,12,14,18H,7-8,10-11,13H2,1-3H3,(H,25,27). The number of likely N-dealkylation sites (tertiary alicyclic amines) is 1. The van der Waals surface area contributed by atoms with E-state index in [1.54, 1.807) is 29.7 Å². The number of benzene rings is 1. The number of nitrogens with zero attached hydrogens (tertiary/aromatic N) is 2. The second-order valence-corrected chi connectivity index (χ2v) is 9.32. The summed E-state index contributed by atoms with van der Waals surface area (Å²) >= 11 is 1.55. The molecule has 1 aromatic heterocycles. The highest BCUT2D eigenvalue weighted by molar-refractivity contribution is 7.09. The Morgan fingerprint density at radius 2 is 2.04 bits per heavy atom. The average molecular weight is 408 g/mol. The molecular formula is C21H27F2N3OS. The molecule has 3 rings (SSSR count). The van der Waals surface area contributed by atoms with Crippen molar-refractivity contribution in [2.45, 2.75) is 46.2 Å². The van der Waals surface area contributed by atoms with Crippen LogP contribution in [0, 0.1) is 23.0 Å².